The first kappa shape index (κ1) is 9.66. The van der Waals surface area contributed by atoms with Gasteiger partial charge in [-0.25, -0.2) is 0 Å². The number of carbonyl (C=O) groups is 1. The van der Waals surface area contributed by atoms with Crippen molar-refractivity contribution in [3.63, 3.8) is 0 Å². The minimum Gasteiger partial charge on any atom is -0.275 e. The molecule has 18 heavy (non-hydrogen) atoms. The molecule has 0 amide bonds. The highest BCUT2D eigenvalue weighted by Gasteiger charge is 2.28. The number of para-hydroxylation sites is 1. The lowest BCUT2D eigenvalue weighted by atomic mass is 10.1. The van der Waals surface area contributed by atoms with Gasteiger partial charge in [-0.15, -0.1) is 0 Å². The third kappa shape index (κ3) is 1.00. The second-order valence-corrected chi connectivity index (χ2v) is 4.73. The van der Waals surface area contributed by atoms with Gasteiger partial charge in [-0.1, -0.05) is 36.4 Å². The smallest absolute Gasteiger partial charge is 0.263 e. The third-order valence-corrected chi connectivity index (χ3v) is 3.66. The molecule has 2 aromatic carbocycles. The van der Waals surface area contributed by atoms with Gasteiger partial charge in [0.15, 0.2) is 0 Å². The van der Waals surface area contributed by atoms with E-state index in [2.05, 4.69) is 12.1 Å². The molecular weight excluding hydrogens is 222 g/mol. The van der Waals surface area contributed by atoms with Crippen molar-refractivity contribution in [1.29, 1.82) is 0 Å². The summed E-state index contributed by atoms with van der Waals surface area (Å²) in [6.45, 7) is 2.05. The van der Waals surface area contributed by atoms with E-state index in [-0.39, 0.29) is 5.91 Å². The maximum atomic E-state index is 12.5. The van der Waals surface area contributed by atoms with E-state index >= 15 is 0 Å². The van der Waals surface area contributed by atoms with Gasteiger partial charge in [-0.2, -0.15) is 0 Å². The average Bonchev–Trinajstić information content (AvgIpc) is 2.89. The quantitative estimate of drug-likeness (QED) is 0.454. The molecule has 0 spiro atoms. The zero-order chi connectivity index (χ0) is 12.3. The van der Waals surface area contributed by atoms with E-state index in [1.54, 1.807) is 0 Å². The predicted molar refractivity (Wildman–Crippen MR) is 71.8 cm³/mol. The lowest BCUT2D eigenvalue weighted by Crippen LogP contribution is -2.06. The maximum absolute atomic E-state index is 12.5. The Morgan fingerprint density at radius 3 is 2.56 bits per heavy atom. The van der Waals surface area contributed by atoms with Gasteiger partial charge in [-0.05, 0) is 24.6 Å². The van der Waals surface area contributed by atoms with Gasteiger partial charge in [0.25, 0.3) is 5.91 Å². The number of aryl methyl sites for hydroxylation is 1. The largest absolute Gasteiger partial charge is 0.275 e. The molecule has 3 aromatic rings. The molecule has 0 unspecified atom stereocenters. The van der Waals surface area contributed by atoms with Crippen molar-refractivity contribution in [3.05, 3.63) is 59.7 Å². The predicted octanol–water partition coefficient (Wildman–Crippen LogP) is 3.62. The van der Waals surface area contributed by atoms with Crippen LogP contribution in [0.5, 0.6) is 0 Å². The lowest BCUT2D eigenvalue weighted by Gasteiger charge is -2.02. The van der Waals surface area contributed by atoms with Crippen molar-refractivity contribution in [3.8, 4) is 11.3 Å². The molecule has 2 heteroatoms. The van der Waals surface area contributed by atoms with Gasteiger partial charge in [0, 0.05) is 16.5 Å². The minimum absolute atomic E-state index is 0.0879. The monoisotopic (exact) mass is 233 g/mol. The van der Waals surface area contributed by atoms with Crippen LogP contribution in [-0.4, -0.2) is 10.5 Å². The van der Waals surface area contributed by atoms with Crippen LogP contribution >= 0.6 is 0 Å². The van der Waals surface area contributed by atoms with Crippen LogP contribution in [0.2, 0.25) is 0 Å². The first-order valence-electron chi connectivity index (χ1n) is 6.02. The Labute approximate surface area is 104 Å². The molecule has 1 aliphatic rings. The molecule has 0 fully saturated rings. The highest BCUT2D eigenvalue weighted by Crippen LogP contribution is 2.37. The number of benzene rings is 2. The molecule has 0 N–H and O–H groups in total. The molecule has 0 aliphatic carbocycles. The molecule has 2 nitrogen and oxygen atoms in total. The van der Waals surface area contributed by atoms with Gasteiger partial charge in [0.05, 0.1) is 11.2 Å². The molecule has 1 aliphatic heterocycles. The Balaban J connectivity index is 2.20. The van der Waals surface area contributed by atoms with Gasteiger partial charge < -0.3 is 0 Å². The van der Waals surface area contributed by atoms with E-state index in [9.17, 15) is 4.79 Å². The molecule has 0 saturated carbocycles. The average molecular weight is 233 g/mol. The van der Waals surface area contributed by atoms with E-state index in [4.69, 9.17) is 0 Å². The van der Waals surface area contributed by atoms with Crippen LogP contribution < -0.4 is 0 Å². The summed E-state index contributed by atoms with van der Waals surface area (Å²) in [5, 5.41) is 1.13. The second-order valence-electron chi connectivity index (χ2n) is 4.73. The van der Waals surface area contributed by atoms with Gasteiger partial charge in [0.2, 0.25) is 0 Å². The summed E-state index contributed by atoms with van der Waals surface area (Å²) in [6.07, 6.45) is 0. The van der Waals surface area contributed by atoms with Crippen molar-refractivity contribution in [2.45, 2.75) is 6.92 Å². The zero-order valence-electron chi connectivity index (χ0n) is 9.97. The number of nitrogens with zero attached hydrogens (tertiary/aromatic N) is 1. The lowest BCUT2D eigenvalue weighted by molar-refractivity contribution is 0.0973. The van der Waals surface area contributed by atoms with Crippen molar-refractivity contribution in [2.75, 3.05) is 0 Å². The summed E-state index contributed by atoms with van der Waals surface area (Å²) in [4.78, 5) is 12.5. The van der Waals surface area contributed by atoms with Crippen molar-refractivity contribution < 1.29 is 4.79 Å². The van der Waals surface area contributed by atoms with E-state index in [0.29, 0.717) is 0 Å². The second kappa shape index (κ2) is 3.10. The van der Waals surface area contributed by atoms with Gasteiger partial charge >= 0.3 is 0 Å². The Morgan fingerprint density at radius 2 is 1.72 bits per heavy atom. The molecule has 0 atom stereocenters. The first-order valence-corrected chi connectivity index (χ1v) is 6.02. The summed E-state index contributed by atoms with van der Waals surface area (Å²) in [6, 6.07) is 16.0. The fourth-order valence-corrected chi connectivity index (χ4v) is 2.86. The normalized spacial score (nSPS) is 12.8. The number of aromatic nitrogens is 1. The Morgan fingerprint density at radius 1 is 0.944 bits per heavy atom. The topological polar surface area (TPSA) is 22.0 Å². The highest BCUT2D eigenvalue weighted by molar-refractivity contribution is 6.14. The van der Waals surface area contributed by atoms with Gasteiger partial charge in [0.1, 0.15) is 0 Å². The van der Waals surface area contributed by atoms with Crippen molar-refractivity contribution >= 4 is 16.8 Å². The number of fused-ring (bicyclic) bond motifs is 5. The minimum atomic E-state index is 0.0879. The third-order valence-electron chi connectivity index (χ3n) is 3.66. The Bertz CT molecular complexity index is 811. The molecule has 0 saturated heterocycles. The summed E-state index contributed by atoms with van der Waals surface area (Å²) in [7, 11) is 0. The fourth-order valence-electron chi connectivity index (χ4n) is 2.86. The van der Waals surface area contributed by atoms with Crippen LogP contribution in [0.1, 0.15) is 15.9 Å². The van der Waals surface area contributed by atoms with Crippen LogP contribution in [0, 0.1) is 6.92 Å². The van der Waals surface area contributed by atoms with E-state index in [0.717, 1.165) is 33.3 Å². The molecule has 2 heterocycles. The summed E-state index contributed by atoms with van der Waals surface area (Å²) in [5.74, 6) is 0.0879. The van der Waals surface area contributed by atoms with E-state index in [1.807, 2.05) is 47.9 Å². The van der Waals surface area contributed by atoms with Crippen LogP contribution in [0.15, 0.2) is 48.5 Å². The fraction of sp³-hybridized carbons (Fsp3) is 0.0625. The molecule has 0 bridgehead atoms. The van der Waals surface area contributed by atoms with Crippen molar-refractivity contribution in [2.24, 2.45) is 0 Å². The molecule has 1 aromatic heterocycles. The summed E-state index contributed by atoms with van der Waals surface area (Å²) >= 11 is 0. The van der Waals surface area contributed by atoms with Crippen LogP contribution in [0.4, 0.5) is 0 Å². The van der Waals surface area contributed by atoms with Gasteiger partial charge in [-0.3, -0.25) is 9.36 Å². The molecule has 0 radical (unpaired) electrons. The van der Waals surface area contributed by atoms with E-state index < -0.39 is 0 Å². The SMILES string of the molecule is Cc1cccc2cc3n(c12)C(=O)c1ccccc1-3. The highest BCUT2D eigenvalue weighted by atomic mass is 16.2. The number of hydrogen-bond acceptors (Lipinski definition) is 1. The van der Waals surface area contributed by atoms with E-state index in [1.165, 1.54) is 0 Å². The maximum Gasteiger partial charge on any atom is 0.263 e. The number of rotatable bonds is 0. The summed E-state index contributed by atoms with van der Waals surface area (Å²) < 4.78 is 1.84. The molecule has 86 valence electrons. The first-order chi connectivity index (χ1) is 8.77. The Kier molecular flexibility index (Phi) is 1.67. The Hall–Kier alpha value is -2.35. The number of hydrogen-bond donors (Lipinski definition) is 0. The van der Waals surface area contributed by atoms with Crippen LogP contribution in [-0.2, 0) is 0 Å². The number of carbonyl (C=O) groups excluding carboxylic acids is 1. The molecular formula is C16H11NO. The van der Waals surface area contributed by atoms with Crippen LogP contribution in [0.25, 0.3) is 22.2 Å². The summed E-state index contributed by atoms with van der Waals surface area (Å²) in [5.41, 5.74) is 5.03. The van der Waals surface area contributed by atoms with Crippen LogP contribution in [0.3, 0.4) is 0 Å². The zero-order valence-corrected chi connectivity index (χ0v) is 9.97. The van der Waals surface area contributed by atoms with Crippen molar-refractivity contribution in [1.82, 2.24) is 4.57 Å². The molecule has 4 rings (SSSR count). The standard InChI is InChI=1S/C16H11NO/c1-10-5-4-6-11-9-14-12-7-2-3-8-13(12)16(18)17(14)15(10)11/h2-9H,1H3.